The molecule has 0 spiro atoms. The molecular weight excluding hydrogens is 400 g/mol. The number of para-hydroxylation sites is 1. The fraction of sp³-hybridized carbons (Fsp3) is 0.455. The van der Waals surface area contributed by atoms with Gasteiger partial charge in [0.15, 0.2) is 0 Å². The quantitative estimate of drug-likeness (QED) is 0.549. The minimum Gasteiger partial charge on any atom is -0.378 e. The molecule has 2 saturated heterocycles. The first-order chi connectivity index (χ1) is 15.0. The lowest BCUT2D eigenvalue weighted by Crippen LogP contribution is -2.44. The standard InChI is InChI=1S/C22H26N4O5/c23-21(29)15-5-7-25(8-6-15)22(30)20(28)17-13-26(18-4-2-1-3-16(17)18)14-19(27)24-9-11-31-12-10-24/h1-4,13,15H,5-12,14H2,(H2,23,29). The van der Waals surface area contributed by atoms with Crippen LogP contribution in [0.2, 0.25) is 0 Å². The summed E-state index contributed by atoms with van der Waals surface area (Å²) >= 11 is 0. The van der Waals surface area contributed by atoms with Crippen LogP contribution in [0.3, 0.4) is 0 Å². The average Bonchev–Trinajstić information content (AvgIpc) is 3.17. The van der Waals surface area contributed by atoms with Gasteiger partial charge in [0.2, 0.25) is 11.8 Å². The summed E-state index contributed by atoms with van der Waals surface area (Å²) in [5, 5.41) is 0.641. The Hall–Kier alpha value is -3.20. The van der Waals surface area contributed by atoms with Crippen LogP contribution in [-0.4, -0.2) is 77.3 Å². The van der Waals surface area contributed by atoms with Crippen molar-refractivity contribution in [3.63, 3.8) is 0 Å². The third-order valence-corrected chi connectivity index (χ3v) is 6.08. The Morgan fingerprint density at radius 3 is 2.32 bits per heavy atom. The number of likely N-dealkylation sites (tertiary alicyclic amines) is 1. The predicted molar refractivity (Wildman–Crippen MR) is 112 cm³/mol. The van der Waals surface area contributed by atoms with Crippen LogP contribution in [0.1, 0.15) is 23.2 Å². The Morgan fingerprint density at radius 2 is 1.65 bits per heavy atom. The zero-order chi connectivity index (χ0) is 22.0. The van der Waals surface area contributed by atoms with Crippen LogP contribution in [-0.2, 0) is 25.7 Å². The van der Waals surface area contributed by atoms with Crippen molar-refractivity contribution >= 4 is 34.4 Å². The maximum absolute atomic E-state index is 13.1. The number of carbonyl (C=O) groups excluding carboxylic acids is 4. The number of fused-ring (bicyclic) bond motifs is 1. The summed E-state index contributed by atoms with van der Waals surface area (Å²) in [5.41, 5.74) is 6.36. The molecule has 9 heteroatoms. The van der Waals surface area contributed by atoms with E-state index in [1.54, 1.807) is 27.8 Å². The van der Waals surface area contributed by atoms with Crippen LogP contribution >= 0.6 is 0 Å². The maximum Gasteiger partial charge on any atom is 0.295 e. The van der Waals surface area contributed by atoms with Crippen LogP contribution in [0.15, 0.2) is 30.5 Å². The van der Waals surface area contributed by atoms with Crippen molar-refractivity contribution in [1.82, 2.24) is 14.4 Å². The first-order valence-corrected chi connectivity index (χ1v) is 10.5. The fourth-order valence-electron chi connectivity index (χ4n) is 4.24. The maximum atomic E-state index is 13.1. The van der Waals surface area contributed by atoms with Crippen molar-refractivity contribution in [2.24, 2.45) is 11.7 Å². The molecule has 0 bridgehead atoms. The van der Waals surface area contributed by atoms with Crippen molar-refractivity contribution < 1.29 is 23.9 Å². The number of rotatable bonds is 5. The highest BCUT2D eigenvalue weighted by Crippen LogP contribution is 2.24. The molecule has 4 rings (SSSR count). The highest BCUT2D eigenvalue weighted by Gasteiger charge is 2.31. The summed E-state index contributed by atoms with van der Waals surface area (Å²) in [6.45, 7) is 2.86. The van der Waals surface area contributed by atoms with Gasteiger partial charge in [0.05, 0.1) is 18.8 Å². The normalized spacial score (nSPS) is 17.7. The summed E-state index contributed by atoms with van der Waals surface area (Å²) in [7, 11) is 0. The predicted octanol–water partition coefficient (Wildman–Crippen LogP) is 0.407. The van der Waals surface area contributed by atoms with Gasteiger partial charge >= 0.3 is 0 Å². The topological polar surface area (TPSA) is 115 Å². The van der Waals surface area contributed by atoms with Gasteiger partial charge in [0.25, 0.3) is 11.7 Å². The van der Waals surface area contributed by atoms with E-state index in [1.165, 1.54) is 4.90 Å². The molecule has 2 aliphatic heterocycles. The number of nitrogens with two attached hydrogens (primary N) is 1. The number of amides is 3. The number of carbonyl (C=O) groups is 4. The van der Waals surface area contributed by atoms with Crippen molar-refractivity contribution in [1.29, 1.82) is 0 Å². The molecule has 3 amide bonds. The number of benzene rings is 1. The first kappa shape index (κ1) is 21.0. The number of primary amides is 1. The summed E-state index contributed by atoms with van der Waals surface area (Å²) in [6.07, 6.45) is 2.52. The molecular formula is C22H26N4O5. The van der Waals surface area contributed by atoms with Crippen molar-refractivity contribution in [2.75, 3.05) is 39.4 Å². The van der Waals surface area contributed by atoms with E-state index < -0.39 is 11.7 Å². The highest BCUT2D eigenvalue weighted by atomic mass is 16.5. The number of morpholine rings is 1. The molecule has 0 unspecified atom stereocenters. The lowest BCUT2D eigenvalue weighted by molar-refractivity contribution is -0.135. The third-order valence-electron chi connectivity index (χ3n) is 6.08. The Labute approximate surface area is 179 Å². The number of hydrogen-bond donors (Lipinski definition) is 1. The fourth-order valence-corrected chi connectivity index (χ4v) is 4.24. The number of piperidine rings is 1. The van der Waals surface area contributed by atoms with Gasteiger partial charge in [-0.3, -0.25) is 19.2 Å². The van der Waals surface area contributed by atoms with Crippen molar-refractivity contribution in [2.45, 2.75) is 19.4 Å². The van der Waals surface area contributed by atoms with Gasteiger partial charge in [0, 0.05) is 49.2 Å². The van der Waals surface area contributed by atoms with Crippen LogP contribution in [0.4, 0.5) is 0 Å². The molecule has 3 heterocycles. The van der Waals surface area contributed by atoms with Crippen LogP contribution in [0, 0.1) is 5.92 Å². The van der Waals surface area contributed by atoms with E-state index in [-0.39, 0.29) is 29.8 Å². The van der Waals surface area contributed by atoms with E-state index in [0.29, 0.717) is 57.6 Å². The number of nitrogens with zero attached hydrogens (tertiary/aromatic N) is 3. The van der Waals surface area contributed by atoms with E-state index in [4.69, 9.17) is 10.5 Å². The van der Waals surface area contributed by atoms with Gasteiger partial charge in [-0.15, -0.1) is 0 Å². The lowest BCUT2D eigenvalue weighted by atomic mass is 9.95. The summed E-state index contributed by atoms with van der Waals surface area (Å²) < 4.78 is 7.03. The summed E-state index contributed by atoms with van der Waals surface area (Å²) in [4.78, 5) is 53.2. The third kappa shape index (κ3) is 4.32. The van der Waals surface area contributed by atoms with E-state index in [2.05, 4.69) is 0 Å². The number of aromatic nitrogens is 1. The summed E-state index contributed by atoms with van der Waals surface area (Å²) in [6, 6.07) is 7.26. The zero-order valence-corrected chi connectivity index (χ0v) is 17.3. The Bertz CT molecular complexity index is 1020. The van der Waals surface area contributed by atoms with E-state index in [9.17, 15) is 19.2 Å². The molecule has 1 aromatic carbocycles. The van der Waals surface area contributed by atoms with Crippen LogP contribution in [0.5, 0.6) is 0 Å². The molecule has 2 aromatic rings. The van der Waals surface area contributed by atoms with E-state index in [0.717, 1.165) is 5.52 Å². The monoisotopic (exact) mass is 426 g/mol. The molecule has 2 N–H and O–H groups in total. The number of ether oxygens (including phenoxy) is 1. The molecule has 31 heavy (non-hydrogen) atoms. The van der Waals surface area contributed by atoms with E-state index >= 15 is 0 Å². The molecule has 0 aliphatic carbocycles. The van der Waals surface area contributed by atoms with Crippen molar-refractivity contribution in [3.8, 4) is 0 Å². The van der Waals surface area contributed by atoms with Crippen molar-refractivity contribution in [3.05, 3.63) is 36.0 Å². The Kier molecular flexibility index (Phi) is 6.03. The van der Waals surface area contributed by atoms with Gasteiger partial charge < -0.3 is 24.8 Å². The molecule has 0 saturated carbocycles. The molecule has 2 aliphatic rings. The molecule has 164 valence electrons. The average molecular weight is 426 g/mol. The van der Waals surface area contributed by atoms with Crippen LogP contribution in [0.25, 0.3) is 10.9 Å². The number of ketones is 1. The largest absolute Gasteiger partial charge is 0.378 e. The SMILES string of the molecule is NC(=O)C1CCN(C(=O)C(=O)c2cn(CC(=O)N3CCOCC3)c3ccccc23)CC1. The van der Waals surface area contributed by atoms with Gasteiger partial charge in [-0.05, 0) is 18.9 Å². The lowest BCUT2D eigenvalue weighted by Gasteiger charge is -2.29. The smallest absolute Gasteiger partial charge is 0.295 e. The second kappa shape index (κ2) is 8.89. The summed E-state index contributed by atoms with van der Waals surface area (Å²) in [5.74, 6) is -1.88. The highest BCUT2D eigenvalue weighted by molar-refractivity contribution is 6.44. The Morgan fingerprint density at radius 1 is 0.968 bits per heavy atom. The van der Waals surface area contributed by atoms with Crippen LogP contribution < -0.4 is 5.73 Å². The van der Waals surface area contributed by atoms with Gasteiger partial charge in [-0.2, -0.15) is 0 Å². The van der Waals surface area contributed by atoms with E-state index in [1.807, 2.05) is 12.1 Å². The molecule has 0 atom stereocenters. The van der Waals surface area contributed by atoms with Gasteiger partial charge in [-0.25, -0.2) is 0 Å². The first-order valence-electron chi connectivity index (χ1n) is 10.5. The van der Waals surface area contributed by atoms with Gasteiger partial charge in [-0.1, -0.05) is 18.2 Å². The number of hydrogen-bond acceptors (Lipinski definition) is 5. The molecule has 9 nitrogen and oxygen atoms in total. The minimum atomic E-state index is -0.605. The number of Topliss-reactive ketones (excluding diaryl/α,β-unsaturated/α-hetero) is 1. The minimum absolute atomic E-state index is 0.0529. The molecule has 2 fully saturated rings. The van der Waals surface area contributed by atoms with Gasteiger partial charge in [0.1, 0.15) is 6.54 Å². The Balaban J connectivity index is 1.53. The zero-order valence-electron chi connectivity index (χ0n) is 17.3. The molecule has 1 aromatic heterocycles. The molecule has 0 radical (unpaired) electrons. The second-order valence-electron chi connectivity index (χ2n) is 7.98. The second-order valence-corrected chi connectivity index (χ2v) is 7.98.